The Kier molecular flexibility index (Phi) is 7.14. The van der Waals surface area contributed by atoms with Crippen molar-refractivity contribution in [2.45, 2.75) is 13.5 Å². The number of ether oxygens (including phenoxy) is 1. The van der Waals surface area contributed by atoms with Crippen LogP contribution in [0.4, 0.5) is 0 Å². The maximum Gasteiger partial charge on any atom is 0.191 e. The summed E-state index contributed by atoms with van der Waals surface area (Å²) in [4.78, 5) is 4.48. The lowest BCUT2D eigenvalue weighted by Gasteiger charge is -2.11. The standard InChI is InChI=1S/C15H24N6O3S/c1-3-16-15(17-7-9-24-10-11-25(2,22)23)18-12-14-20-19-13-6-4-5-8-21(13)14/h4-6,8H,3,7,9-12H2,1-2H3,(H2,16,17,18). The number of hydrogen-bond donors (Lipinski definition) is 2. The largest absolute Gasteiger partial charge is 0.379 e. The number of sulfone groups is 1. The average molecular weight is 368 g/mol. The van der Waals surface area contributed by atoms with E-state index < -0.39 is 9.84 Å². The van der Waals surface area contributed by atoms with E-state index in [9.17, 15) is 8.42 Å². The Morgan fingerprint density at radius 1 is 1.28 bits per heavy atom. The Hall–Kier alpha value is -2.20. The third kappa shape index (κ3) is 6.67. The van der Waals surface area contributed by atoms with Crippen LogP contribution in [-0.2, 0) is 21.1 Å². The maximum atomic E-state index is 11.0. The molecule has 138 valence electrons. The van der Waals surface area contributed by atoms with Gasteiger partial charge >= 0.3 is 0 Å². The van der Waals surface area contributed by atoms with E-state index in [-0.39, 0.29) is 12.4 Å². The number of hydrogen-bond acceptors (Lipinski definition) is 6. The van der Waals surface area contributed by atoms with Gasteiger partial charge in [0.15, 0.2) is 17.4 Å². The van der Waals surface area contributed by atoms with Crippen molar-refractivity contribution in [1.29, 1.82) is 0 Å². The quantitative estimate of drug-likeness (QED) is 0.360. The molecular formula is C15H24N6O3S. The monoisotopic (exact) mass is 368 g/mol. The van der Waals surface area contributed by atoms with Gasteiger partial charge in [0.2, 0.25) is 0 Å². The highest BCUT2D eigenvalue weighted by molar-refractivity contribution is 7.90. The van der Waals surface area contributed by atoms with Gasteiger partial charge in [0.1, 0.15) is 16.4 Å². The summed E-state index contributed by atoms with van der Waals surface area (Å²) in [5.74, 6) is 1.42. The Labute approximate surface area is 147 Å². The number of fused-ring (bicyclic) bond motifs is 1. The minimum absolute atomic E-state index is 0.0289. The van der Waals surface area contributed by atoms with Gasteiger partial charge in [-0.2, -0.15) is 0 Å². The fourth-order valence-corrected chi connectivity index (χ4v) is 2.46. The Balaban J connectivity index is 1.82. The fraction of sp³-hybridized carbons (Fsp3) is 0.533. The van der Waals surface area contributed by atoms with E-state index in [4.69, 9.17) is 4.74 Å². The fourth-order valence-electron chi connectivity index (χ4n) is 2.04. The predicted molar refractivity (Wildman–Crippen MR) is 96.3 cm³/mol. The Morgan fingerprint density at radius 3 is 2.88 bits per heavy atom. The van der Waals surface area contributed by atoms with Crippen molar-refractivity contribution in [3.63, 3.8) is 0 Å². The second-order valence-corrected chi connectivity index (χ2v) is 7.67. The molecule has 10 heteroatoms. The molecule has 25 heavy (non-hydrogen) atoms. The zero-order valence-electron chi connectivity index (χ0n) is 14.5. The van der Waals surface area contributed by atoms with Gasteiger partial charge in [0.05, 0.1) is 19.0 Å². The van der Waals surface area contributed by atoms with Gasteiger partial charge in [-0.15, -0.1) is 10.2 Å². The van der Waals surface area contributed by atoms with Gasteiger partial charge in [-0.05, 0) is 19.1 Å². The second-order valence-electron chi connectivity index (χ2n) is 5.41. The van der Waals surface area contributed by atoms with E-state index in [0.29, 0.717) is 25.7 Å². The van der Waals surface area contributed by atoms with Crippen molar-refractivity contribution in [2.24, 2.45) is 4.99 Å². The lowest BCUT2D eigenvalue weighted by atomic mass is 10.4. The van der Waals surface area contributed by atoms with E-state index in [2.05, 4.69) is 25.8 Å². The van der Waals surface area contributed by atoms with Crippen molar-refractivity contribution in [3.8, 4) is 0 Å². The normalized spacial score (nSPS) is 12.5. The van der Waals surface area contributed by atoms with Gasteiger partial charge in [0.25, 0.3) is 0 Å². The van der Waals surface area contributed by atoms with Crippen molar-refractivity contribution in [2.75, 3.05) is 38.3 Å². The number of rotatable bonds is 9. The summed E-state index contributed by atoms with van der Waals surface area (Å²) >= 11 is 0. The summed E-state index contributed by atoms with van der Waals surface area (Å²) in [5.41, 5.74) is 0.782. The van der Waals surface area contributed by atoms with Crippen LogP contribution >= 0.6 is 0 Å². The first kappa shape index (κ1) is 19.1. The van der Waals surface area contributed by atoms with E-state index in [1.807, 2.05) is 35.7 Å². The van der Waals surface area contributed by atoms with Crippen LogP contribution in [0.15, 0.2) is 29.4 Å². The predicted octanol–water partition coefficient (Wildman–Crippen LogP) is -0.154. The number of aliphatic imine (C=N–C) groups is 1. The highest BCUT2D eigenvalue weighted by Crippen LogP contribution is 2.03. The first-order valence-electron chi connectivity index (χ1n) is 8.06. The third-order valence-corrected chi connectivity index (χ3v) is 4.15. The molecule has 0 fully saturated rings. The van der Waals surface area contributed by atoms with Gasteiger partial charge in [-0.1, -0.05) is 6.07 Å². The first-order valence-corrected chi connectivity index (χ1v) is 10.1. The highest BCUT2D eigenvalue weighted by Gasteiger charge is 2.05. The minimum atomic E-state index is -2.98. The summed E-state index contributed by atoms with van der Waals surface area (Å²) in [6.07, 6.45) is 3.09. The van der Waals surface area contributed by atoms with Crippen LogP contribution in [0.2, 0.25) is 0 Å². The summed E-state index contributed by atoms with van der Waals surface area (Å²) in [5, 5.41) is 14.5. The zero-order chi connectivity index (χ0) is 18.1. The second kappa shape index (κ2) is 9.33. The van der Waals surface area contributed by atoms with Crippen molar-refractivity contribution in [1.82, 2.24) is 25.2 Å². The van der Waals surface area contributed by atoms with Crippen molar-refractivity contribution in [3.05, 3.63) is 30.2 Å². The van der Waals surface area contributed by atoms with Crippen LogP contribution in [0.25, 0.3) is 5.65 Å². The van der Waals surface area contributed by atoms with E-state index in [0.717, 1.165) is 18.0 Å². The average Bonchev–Trinajstić information content (AvgIpc) is 2.98. The number of pyridine rings is 1. The highest BCUT2D eigenvalue weighted by atomic mass is 32.2. The molecule has 0 amide bonds. The number of nitrogens with zero attached hydrogens (tertiary/aromatic N) is 4. The van der Waals surface area contributed by atoms with E-state index in [1.165, 1.54) is 6.26 Å². The molecule has 0 aromatic carbocycles. The molecule has 0 spiro atoms. The molecule has 2 aromatic heterocycles. The molecule has 0 aliphatic heterocycles. The lowest BCUT2D eigenvalue weighted by molar-refractivity contribution is 0.154. The maximum absolute atomic E-state index is 11.0. The molecule has 0 unspecified atom stereocenters. The summed E-state index contributed by atoms with van der Waals surface area (Å²) in [7, 11) is -2.98. The minimum Gasteiger partial charge on any atom is -0.379 e. The zero-order valence-corrected chi connectivity index (χ0v) is 15.3. The van der Waals surface area contributed by atoms with Gasteiger partial charge in [0, 0.05) is 25.5 Å². The summed E-state index contributed by atoms with van der Waals surface area (Å²) < 4.78 is 29.2. The molecule has 0 bridgehead atoms. The molecule has 0 aliphatic rings. The summed E-state index contributed by atoms with van der Waals surface area (Å²) in [6.45, 7) is 4.20. The van der Waals surface area contributed by atoms with Crippen molar-refractivity contribution < 1.29 is 13.2 Å². The number of guanidine groups is 1. The van der Waals surface area contributed by atoms with Gasteiger partial charge in [-0.3, -0.25) is 4.40 Å². The first-order chi connectivity index (χ1) is 12.0. The molecule has 0 saturated heterocycles. The van der Waals surface area contributed by atoms with Crippen LogP contribution in [0.3, 0.4) is 0 Å². The molecule has 2 N–H and O–H groups in total. The van der Waals surface area contributed by atoms with Crippen LogP contribution in [0.5, 0.6) is 0 Å². The topological polar surface area (TPSA) is 110 Å². The molecule has 2 heterocycles. The molecule has 9 nitrogen and oxygen atoms in total. The lowest BCUT2D eigenvalue weighted by Crippen LogP contribution is -2.39. The number of aromatic nitrogens is 3. The molecular weight excluding hydrogens is 344 g/mol. The SMILES string of the molecule is CCNC(=NCc1nnc2ccccn12)NCCOCCS(C)(=O)=O. The van der Waals surface area contributed by atoms with E-state index in [1.54, 1.807) is 0 Å². The molecule has 0 radical (unpaired) electrons. The number of nitrogens with one attached hydrogen (secondary N) is 2. The molecule has 0 atom stereocenters. The van der Waals surface area contributed by atoms with Crippen LogP contribution in [0.1, 0.15) is 12.7 Å². The Morgan fingerprint density at radius 2 is 2.12 bits per heavy atom. The Bertz CT molecular complexity index is 802. The molecule has 2 rings (SSSR count). The van der Waals surface area contributed by atoms with Crippen molar-refractivity contribution >= 4 is 21.4 Å². The summed E-state index contributed by atoms with van der Waals surface area (Å²) in [6, 6.07) is 5.71. The molecule has 0 aliphatic carbocycles. The molecule has 0 saturated carbocycles. The third-order valence-electron chi connectivity index (χ3n) is 3.24. The van der Waals surface area contributed by atoms with Crippen LogP contribution < -0.4 is 10.6 Å². The van der Waals surface area contributed by atoms with Gasteiger partial charge in [-0.25, -0.2) is 13.4 Å². The van der Waals surface area contributed by atoms with Crippen LogP contribution in [-0.4, -0.2) is 67.3 Å². The van der Waals surface area contributed by atoms with Gasteiger partial charge < -0.3 is 15.4 Å². The smallest absolute Gasteiger partial charge is 0.191 e. The van der Waals surface area contributed by atoms with Crippen LogP contribution in [0, 0.1) is 0 Å². The van der Waals surface area contributed by atoms with E-state index >= 15 is 0 Å². The molecule has 2 aromatic rings.